The number of amides is 2. The first kappa shape index (κ1) is 24.7. The van der Waals surface area contributed by atoms with Crippen LogP contribution in [-0.4, -0.2) is 44.3 Å². The molecule has 0 bridgehead atoms. The number of hydrogen-bond donors (Lipinski definition) is 1. The molecule has 8 nitrogen and oxygen atoms in total. The topological polar surface area (TPSA) is 79.7 Å². The molecule has 1 atom stereocenters. The van der Waals surface area contributed by atoms with E-state index in [0.717, 1.165) is 11.3 Å². The Bertz CT molecular complexity index is 1240. The summed E-state index contributed by atoms with van der Waals surface area (Å²) < 4.78 is 7.28. The summed E-state index contributed by atoms with van der Waals surface area (Å²) in [6.45, 7) is 4.76. The Morgan fingerprint density at radius 1 is 1.17 bits per heavy atom. The van der Waals surface area contributed by atoms with Gasteiger partial charge in [-0.1, -0.05) is 11.6 Å². The van der Waals surface area contributed by atoms with E-state index in [1.165, 1.54) is 4.90 Å². The Balaban J connectivity index is 1.60. The van der Waals surface area contributed by atoms with Crippen molar-refractivity contribution in [2.45, 2.75) is 32.9 Å². The number of aromatic nitrogens is 2. The number of halogens is 1. The van der Waals surface area contributed by atoms with Gasteiger partial charge in [0.15, 0.2) is 5.11 Å². The number of benzene rings is 2. The summed E-state index contributed by atoms with van der Waals surface area (Å²) in [6.07, 6.45) is 1.70. The minimum atomic E-state index is -0.763. The van der Waals surface area contributed by atoms with Crippen molar-refractivity contribution in [3.63, 3.8) is 0 Å². The average Bonchev–Trinajstić information content (AvgIpc) is 3.27. The Hall–Kier alpha value is -3.43. The Morgan fingerprint density at radius 2 is 1.86 bits per heavy atom. The fourth-order valence-corrected chi connectivity index (χ4v) is 4.43. The van der Waals surface area contributed by atoms with Crippen molar-refractivity contribution in [1.29, 1.82) is 0 Å². The Kier molecular flexibility index (Phi) is 7.37. The van der Waals surface area contributed by atoms with Crippen molar-refractivity contribution in [2.75, 3.05) is 16.8 Å². The second-order valence-electron chi connectivity index (χ2n) is 8.16. The van der Waals surface area contributed by atoms with E-state index in [9.17, 15) is 9.59 Å². The third-order valence-corrected chi connectivity index (χ3v) is 6.58. The molecule has 1 N–H and O–H groups in total. The number of nitrogens with zero attached hydrogens (tertiary/aromatic N) is 4. The minimum absolute atomic E-state index is 0.0611. The van der Waals surface area contributed by atoms with Gasteiger partial charge in [0, 0.05) is 35.6 Å². The standard InChI is InChI=1S/C25H26ClN5O3S/c1-4-34-21-11-9-20(10-12-21)31-24(33)22(13-23(32)28-19-7-5-18(26)6-8-19)30(25(31)35)15-17-14-27-29(3)16(17)2/h5-12,14,22H,4,13,15H2,1-3H3,(H,28,32)/t22-/m1/s1. The lowest BCUT2D eigenvalue weighted by Gasteiger charge is -2.23. The maximum Gasteiger partial charge on any atom is 0.256 e. The highest BCUT2D eigenvalue weighted by Gasteiger charge is 2.44. The van der Waals surface area contributed by atoms with Gasteiger partial charge in [-0.3, -0.25) is 19.2 Å². The first-order valence-electron chi connectivity index (χ1n) is 11.2. The molecule has 2 aromatic carbocycles. The number of anilines is 2. The highest BCUT2D eigenvalue weighted by Crippen LogP contribution is 2.30. The summed E-state index contributed by atoms with van der Waals surface area (Å²) in [6, 6.07) is 13.2. The Morgan fingerprint density at radius 3 is 2.46 bits per heavy atom. The van der Waals surface area contributed by atoms with Gasteiger partial charge >= 0.3 is 0 Å². The van der Waals surface area contributed by atoms with Crippen LogP contribution in [-0.2, 0) is 23.2 Å². The number of thiocarbonyl (C=S) groups is 1. The van der Waals surface area contributed by atoms with Crippen LogP contribution in [0.1, 0.15) is 24.6 Å². The van der Waals surface area contributed by atoms with E-state index in [1.807, 2.05) is 20.9 Å². The van der Waals surface area contributed by atoms with Gasteiger partial charge in [-0.2, -0.15) is 5.10 Å². The van der Waals surface area contributed by atoms with Crippen LogP contribution in [0.2, 0.25) is 5.02 Å². The highest BCUT2D eigenvalue weighted by molar-refractivity contribution is 7.80. The molecule has 3 aromatic rings. The minimum Gasteiger partial charge on any atom is -0.494 e. The molecule has 2 heterocycles. The number of aryl methyl sites for hydroxylation is 1. The van der Waals surface area contributed by atoms with E-state index >= 15 is 0 Å². The van der Waals surface area contributed by atoms with Crippen molar-refractivity contribution < 1.29 is 14.3 Å². The molecule has 4 rings (SSSR count). The first-order chi connectivity index (χ1) is 16.8. The van der Waals surface area contributed by atoms with Gasteiger partial charge in [-0.25, -0.2) is 0 Å². The quantitative estimate of drug-likeness (QED) is 0.454. The SMILES string of the molecule is CCOc1ccc(N2C(=O)[C@@H](CC(=O)Nc3ccc(Cl)cc3)N(Cc3cnn(C)c3C)C2=S)cc1. The summed E-state index contributed by atoms with van der Waals surface area (Å²) in [5.74, 6) is 0.150. The van der Waals surface area contributed by atoms with E-state index in [1.54, 1.807) is 64.3 Å². The van der Waals surface area contributed by atoms with Crippen LogP contribution in [0.4, 0.5) is 11.4 Å². The predicted octanol–water partition coefficient (Wildman–Crippen LogP) is 4.31. The molecule has 0 unspecified atom stereocenters. The van der Waals surface area contributed by atoms with Crippen LogP contribution >= 0.6 is 23.8 Å². The van der Waals surface area contributed by atoms with E-state index in [-0.39, 0.29) is 18.2 Å². The van der Waals surface area contributed by atoms with Gasteiger partial charge in [-0.15, -0.1) is 0 Å². The second-order valence-corrected chi connectivity index (χ2v) is 8.97. The lowest BCUT2D eigenvalue weighted by atomic mass is 10.1. The average molecular weight is 512 g/mol. The zero-order chi connectivity index (χ0) is 25.1. The fraction of sp³-hybridized carbons (Fsp3) is 0.280. The number of rotatable bonds is 8. The third-order valence-electron chi connectivity index (χ3n) is 5.91. The van der Waals surface area contributed by atoms with Crippen LogP contribution in [0, 0.1) is 6.92 Å². The van der Waals surface area contributed by atoms with Crippen LogP contribution in [0.3, 0.4) is 0 Å². The largest absolute Gasteiger partial charge is 0.494 e. The number of nitrogens with one attached hydrogen (secondary N) is 1. The van der Waals surface area contributed by atoms with Crippen molar-refractivity contribution in [2.24, 2.45) is 7.05 Å². The van der Waals surface area contributed by atoms with Gasteiger partial charge < -0.3 is 15.0 Å². The molecular weight excluding hydrogens is 486 g/mol. The predicted molar refractivity (Wildman–Crippen MR) is 140 cm³/mol. The third kappa shape index (κ3) is 5.31. The smallest absolute Gasteiger partial charge is 0.256 e. The van der Waals surface area contributed by atoms with E-state index < -0.39 is 6.04 Å². The second kappa shape index (κ2) is 10.5. The summed E-state index contributed by atoms with van der Waals surface area (Å²) in [4.78, 5) is 29.8. The molecule has 35 heavy (non-hydrogen) atoms. The lowest BCUT2D eigenvalue weighted by molar-refractivity contribution is -0.124. The molecular formula is C25H26ClN5O3S. The summed E-state index contributed by atoms with van der Waals surface area (Å²) >= 11 is 11.7. The van der Waals surface area contributed by atoms with E-state index in [0.29, 0.717) is 40.4 Å². The molecule has 182 valence electrons. The number of ether oxygens (including phenoxy) is 1. The van der Waals surface area contributed by atoms with Crippen LogP contribution in [0.5, 0.6) is 5.75 Å². The summed E-state index contributed by atoms with van der Waals surface area (Å²) in [7, 11) is 1.86. The maximum atomic E-state index is 13.6. The molecule has 1 aromatic heterocycles. The first-order valence-corrected chi connectivity index (χ1v) is 12.0. The number of hydrogen-bond acceptors (Lipinski definition) is 5. The van der Waals surface area contributed by atoms with Gasteiger partial charge in [0.25, 0.3) is 5.91 Å². The van der Waals surface area contributed by atoms with Crippen LogP contribution in [0.25, 0.3) is 0 Å². The molecule has 0 saturated carbocycles. The van der Waals surface area contributed by atoms with E-state index in [2.05, 4.69) is 10.4 Å². The van der Waals surface area contributed by atoms with Crippen molar-refractivity contribution in [3.8, 4) is 5.75 Å². The lowest BCUT2D eigenvalue weighted by Crippen LogP contribution is -2.37. The van der Waals surface area contributed by atoms with Gasteiger partial charge in [0.05, 0.1) is 24.9 Å². The fourth-order valence-electron chi connectivity index (χ4n) is 3.91. The molecule has 1 aliphatic heterocycles. The maximum absolute atomic E-state index is 13.6. The molecule has 1 fully saturated rings. The summed E-state index contributed by atoms with van der Waals surface area (Å²) in [5.41, 5.74) is 3.12. The van der Waals surface area contributed by atoms with Crippen LogP contribution in [0.15, 0.2) is 54.7 Å². The van der Waals surface area contributed by atoms with Gasteiger partial charge in [0.1, 0.15) is 11.8 Å². The zero-order valence-electron chi connectivity index (χ0n) is 19.7. The molecule has 10 heteroatoms. The molecule has 0 aliphatic carbocycles. The molecule has 0 radical (unpaired) electrons. The molecule has 1 saturated heterocycles. The van der Waals surface area contributed by atoms with Gasteiger partial charge in [0.2, 0.25) is 5.91 Å². The highest BCUT2D eigenvalue weighted by atomic mass is 35.5. The van der Waals surface area contributed by atoms with Crippen LogP contribution < -0.4 is 15.0 Å². The molecule has 1 aliphatic rings. The van der Waals surface area contributed by atoms with E-state index in [4.69, 9.17) is 28.6 Å². The zero-order valence-corrected chi connectivity index (χ0v) is 21.3. The monoisotopic (exact) mass is 511 g/mol. The Labute approximate surface area is 214 Å². The normalized spacial score (nSPS) is 15.6. The summed E-state index contributed by atoms with van der Waals surface area (Å²) in [5, 5.41) is 8.05. The van der Waals surface area contributed by atoms with Crippen molar-refractivity contribution in [3.05, 3.63) is 71.0 Å². The molecule has 2 amide bonds. The molecule has 0 spiro atoms. The number of carbonyl (C=O) groups is 2. The van der Waals surface area contributed by atoms with Gasteiger partial charge in [-0.05, 0) is 74.6 Å². The van der Waals surface area contributed by atoms with Crippen molar-refractivity contribution >= 4 is 52.1 Å². The number of carbonyl (C=O) groups excluding carboxylic acids is 2. The van der Waals surface area contributed by atoms with Crippen molar-refractivity contribution in [1.82, 2.24) is 14.7 Å².